The number of carbonyl (C=O) groups excluding carboxylic acids is 4. The van der Waals surface area contributed by atoms with Crippen LogP contribution < -0.4 is 10.6 Å². The van der Waals surface area contributed by atoms with Crippen molar-refractivity contribution in [2.24, 2.45) is 0 Å². The highest BCUT2D eigenvalue weighted by atomic mass is 127. The third kappa shape index (κ3) is 21.3. The number of carbonyl (C=O) groups is 5. The second kappa shape index (κ2) is 24.0. The second-order valence-electron chi connectivity index (χ2n) is 9.50. The van der Waals surface area contributed by atoms with Gasteiger partial charge in [-0.1, -0.05) is 12.1 Å². The first kappa shape index (κ1) is 37.6. The fraction of sp³-hybridized carbons (Fsp3) is 0.621. The molecule has 0 aromatic heterocycles. The van der Waals surface area contributed by atoms with Gasteiger partial charge in [0.05, 0.1) is 33.0 Å². The Labute approximate surface area is 260 Å². The molecule has 2 amide bonds. The average Bonchev–Trinajstić information content (AvgIpc) is 2.94. The summed E-state index contributed by atoms with van der Waals surface area (Å²) < 4.78 is 22.1. The summed E-state index contributed by atoms with van der Waals surface area (Å²) in [5.41, 5.74) is 1.12. The molecule has 13 heteroatoms. The standard InChI is InChI=1S/C29H43IN2O10/c1-22(33)20-41-18-17-40-15-13-31-28(36)21-42-19-16-39-14-3-5-25(34)11-12-26(29(37)38)32-27(35)6-2-4-23-7-9-24(30)10-8-23/h7-10,26H,2-6,11-21H2,1H3,(H,31,36)(H,32,35)(H,37,38)/t26-/m0/s1. The van der Waals surface area contributed by atoms with Crippen LogP contribution in [0.4, 0.5) is 0 Å². The van der Waals surface area contributed by atoms with Crippen LogP contribution in [0.3, 0.4) is 0 Å². The molecular formula is C29H43IN2O10. The zero-order chi connectivity index (χ0) is 31.0. The zero-order valence-electron chi connectivity index (χ0n) is 24.2. The number of ether oxygens (including phenoxy) is 4. The Kier molecular flexibility index (Phi) is 21.5. The number of carboxylic acid groups (broad SMARTS) is 1. The maximum absolute atomic E-state index is 12.2. The van der Waals surface area contributed by atoms with Crippen LogP contribution in [0.1, 0.15) is 51.0 Å². The number of benzene rings is 1. The topological polar surface area (TPSA) is 167 Å². The van der Waals surface area contributed by atoms with Crippen molar-refractivity contribution in [1.29, 1.82) is 0 Å². The Morgan fingerprint density at radius 2 is 1.43 bits per heavy atom. The fourth-order valence-corrected chi connectivity index (χ4v) is 3.92. The molecule has 0 aliphatic heterocycles. The van der Waals surface area contributed by atoms with E-state index in [1.807, 2.05) is 24.3 Å². The number of Topliss-reactive ketones (excluding diaryl/α,β-unsaturated/α-hetero) is 2. The molecule has 0 radical (unpaired) electrons. The normalized spacial score (nSPS) is 11.6. The molecule has 0 spiro atoms. The SMILES string of the molecule is CC(=O)COCCOCCNC(=O)COCCOCCCC(=O)CC[C@H](NC(=O)CCCc1ccc(I)cc1)C(=O)O. The molecule has 1 rings (SSSR count). The smallest absolute Gasteiger partial charge is 0.326 e. The van der Waals surface area contributed by atoms with Crippen LogP contribution >= 0.6 is 22.6 Å². The number of ketones is 2. The van der Waals surface area contributed by atoms with Gasteiger partial charge in [0.25, 0.3) is 0 Å². The van der Waals surface area contributed by atoms with Gasteiger partial charge < -0.3 is 34.7 Å². The van der Waals surface area contributed by atoms with E-state index in [1.165, 1.54) is 6.92 Å². The number of carboxylic acids is 1. The lowest BCUT2D eigenvalue weighted by Gasteiger charge is -2.14. The summed E-state index contributed by atoms with van der Waals surface area (Å²) in [4.78, 5) is 58.3. The molecule has 0 aliphatic carbocycles. The third-order valence-corrected chi connectivity index (χ3v) is 6.44. The minimum Gasteiger partial charge on any atom is -0.480 e. The lowest BCUT2D eigenvalue weighted by Crippen LogP contribution is -2.41. The Bertz CT molecular complexity index is 958. The minimum absolute atomic E-state index is 0.0372. The molecule has 0 unspecified atom stereocenters. The van der Waals surface area contributed by atoms with Crippen molar-refractivity contribution in [1.82, 2.24) is 10.6 Å². The molecule has 0 fully saturated rings. The molecule has 1 aromatic rings. The molecule has 0 heterocycles. The second-order valence-corrected chi connectivity index (χ2v) is 10.7. The number of hydrogen-bond acceptors (Lipinski definition) is 9. The molecule has 3 N–H and O–H groups in total. The van der Waals surface area contributed by atoms with Gasteiger partial charge in [0.2, 0.25) is 11.8 Å². The van der Waals surface area contributed by atoms with Gasteiger partial charge >= 0.3 is 5.97 Å². The maximum Gasteiger partial charge on any atom is 0.326 e. The van der Waals surface area contributed by atoms with Crippen molar-refractivity contribution < 1.29 is 48.0 Å². The molecule has 12 nitrogen and oxygen atoms in total. The molecule has 0 saturated carbocycles. The Morgan fingerprint density at radius 3 is 2.10 bits per heavy atom. The summed E-state index contributed by atoms with van der Waals surface area (Å²) >= 11 is 2.23. The van der Waals surface area contributed by atoms with Crippen LogP contribution in [0.15, 0.2) is 24.3 Å². The van der Waals surface area contributed by atoms with Gasteiger partial charge in [-0.05, 0) is 72.9 Å². The van der Waals surface area contributed by atoms with Gasteiger partial charge in [-0.2, -0.15) is 0 Å². The van der Waals surface area contributed by atoms with Crippen molar-refractivity contribution >= 4 is 51.9 Å². The summed E-state index contributed by atoms with van der Waals surface area (Å²) in [5, 5.41) is 14.6. The lowest BCUT2D eigenvalue weighted by atomic mass is 10.0. The molecule has 42 heavy (non-hydrogen) atoms. The van der Waals surface area contributed by atoms with Crippen molar-refractivity contribution in [2.45, 2.75) is 57.9 Å². The molecular weight excluding hydrogens is 663 g/mol. The van der Waals surface area contributed by atoms with E-state index in [0.29, 0.717) is 45.8 Å². The highest BCUT2D eigenvalue weighted by molar-refractivity contribution is 14.1. The first-order valence-electron chi connectivity index (χ1n) is 14.0. The van der Waals surface area contributed by atoms with Crippen LogP contribution in [-0.4, -0.2) is 99.9 Å². The largest absolute Gasteiger partial charge is 0.480 e. The Hall–Kier alpha value is -2.46. The maximum atomic E-state index is 12.2. The summed E-state index contributed by atoms with van der Waals surface area (Å²) in [6.45, 7) is 3.49. The number of aliphatic carboxylic acids is 1. The van der Waals surface area contributed by atoms with Gasteiger partial charge in [-0.15, -0.1) is 0 Å². The molecule has 1 aromatic carbocycles. The van der Waals surface area contributed by atoms with Gasteiger partial charge in [-0.3, -0.25) is 19.2 Å². The lowest BCUT2D eigenvalue weighted by molar-refractivity contribution is -0.142. The van der Waals surface area contributed by atoms with E-state index in [1.54, 1.807) is 0 Å². The number of amides is 2. The molecule has 0 aliphatic rings. The molecule has 236 valence electrons. The Morgan fingerprint density at radius 1 is 0.786 bits per heavy atom. The van der Waals surface area contributed by atoms with E-state index in [0.717, 1.165) is 15.6 Å². The van der Waals surface area contributed by atoms with Crippen LogP contribution in [0, 0.1) is 3.57 Å². The van der Waals surface area contributed by atoms with Crippen molar-refractivity contribution in [3.8, 4) is 0 Å². The van der Waals surface area contributed by atoms with Crippen molar-refractivity contribution in [3.63, 3.8) is 0 Å². The number of rotatable bonds is 26. The highest BCUT2D eigenvalue weighted by Gasteiger charge is 2.20. The summed E-state index contributed by atoms with van der Waals surface area (Å²) in [6.07, 6.45) is 2.35. The van der Waals surface area contributed by atoms with Crippen LogP contribution in [0.25, 0.3) is 0 Å². The van der Waals surface area contributed by atoms with Crippen LogP contribution in [-0.2, 0) is 49.3 Å². The van der Waals surface area contributed by atoms with Crippen LogP contribution in [0.2, 0.25) is 0 Å². The number of hydrogen-bond donors (Lipinski definition) is 3. The summed E-state index contributed by atoms with van der Waals surface area (Å²) in [5.74, 6) is -1.93. The molecule has 0 bridgehead atoms. The first-order valence-corrected chi connectivity index (χ1v) is 15.1. The Balaban J connectivity index is 2.01. The van der Waals surface area contributed by atoms with E-state index < -0.39 is 12.0 Å². The van der Waals surface area contributed by atoms with Crippen molar-refractivity contribution in [3.05, 3.63) is 33.4 Å². The number of aryl methyl sites for hydroxylation is 1. The first-order chi connectivity index (χ1) is 20.2. The summed E-state index contributed by atoms with van der Waals surface area (Å²) in [7, 11) is 0. The van der Waals surface area contributed by atoms with Crippen LogP contribution in [0.5, 0.6) is 0 Å². The molecule has 1 atom stereocenters. The molecule has 0 saturated heterocycles. The zero-order valence-corrected chi connectivity index (χ0v) is 26.4. The van der Waals surface area contributed by atoms with Gasteiger partial charge in [0.1, 0.15) is 25.0 Å². The van der Waals surface area contributed by atoms with Gasteiger partial charge in [0.15, 0.2) is 5.78 Å². The average molecular weight is 707 g/mol. The third-order valence-electron chi connectivity index (χ3n) is 5.72. The van der Waals surface area contributed by atoms with E-state index >= 15 is 0 Å². The quantitative estimate of drug-likeness (QED) is 0.0960. The number of nitrogens with one attached hydrogen (secondary N) is 2. The predicted octanol–water partition coefficient (Wildman–Crippen LogP) is 2.08. The van der Waals surface area contributed by atoms with E-state index in [-0.39, 0.29) is 75.5 Å². The predicted molar refractivity (Wildman–Crippen MR) is 162 cm³/mol. The highest BCUT2D eigenvalue weighted by Crippen LogP contribution is 2.10. The monoisotopic (exact) mass is 706 g/mol. The van der Waals surface area contributed by atoms with E-state index in [9.17, 15) is 29.1 Å². The van der Waals surface area contributed by atoms with Crippen molar-refractivity contribution in [2.75, 3.05) is 59.4 Å². The van der Waals surface area contributed by atoms with Gasteiger partial charge in [-0.25, -0.2) is 4.79 Å². The summed E-state index contributed by atoms with van der Waals surface area (Å²) in [6, 6.07) is 6.91. The van der Waals surface area contributed by atoms with E-state index in [2.05, 4.69) is 33.2 Å². The van der Waals surface area contributed by atoms with E-state index in [4.69, 9.17) is 18.9 Å². The minimum atomic E-state index is -1.16. The van der Waals surface area contributed by atoms with Gasteiger partial charge in [0, 0.05) is 36.0 Å². The number of halogens is 1. The fourth-order valence-electron chi connectivity index (χ4n) is 3.56.